The summed E-state index contributed by atoms with van der Waals surface area (Å²) in [6.45, 7) is 7.73. The number of carbonyl (C=O) groups excluding carboxylic acids is 1. The average molecular weight is 226 g/mol. The minimum atomic E-state index is 0.0520. The molecule has 0 aromatic carbocycles. The SMILES string of the molecule is CC1(C)CN(C(=O)C2CCNC2)CC1CO. The predicted octanol–water partition coefficient (Wildman–Crippen LogP) is 0.0728. The van der Waals surface area contributed by atoms with Crippen molar-refractivity contribution >= 4 is 5.91 Å². The van der Waals surface area contributed by atoms with Gasteiger partial charge in [-0.3, -0.25) is 4.79 Å². The molecule has 0 bridgehead atoms. The van der Waals surface area contributed by atoms with Gasteiger partial charge in [0.05, 0.1) is 5.92 Å². The zero-order valence-corrected chi connectivity index (χ0v) is 10.2. The van der Waals surface area contributed by atoms with E-state index in [2.05, 4.69) is 19.2 Å². The van der Waals surface area contributed by atoms with Crippen LogP contribution in [-0.2, 0) is 4.79 Å². The third kappa shape index (κ3) is 2.09. The van der Waals surface area contributed by atoms with Crippen LogP contribution in [0.5, 0.6) is 0 Å². The number of likely N-dealkylation sites (tertiary alicyclic amines) is 1. The van der Waals surface area contributed by atoms with Gasteiger partial charge in [0.1, 0.15) is 0 Å². The summed E-state index contributed by atoms with van der Waals surface area (Å²) in [5.74, 6) is 0.660. The van der Waals surface area contributed by atoms with Crippen LogP contribution in [0.3, 0.4) is 0 Å². The Kier molecular flexibility index (Phi) is 3.22. The highest BCUT2D eigenvalue weighted by Crippen LogP contribution is 2.35. The van der Waals surface area contributed by atoms with Gasteiger partial charge >= 0.3 is 0 Å². The number of rotatable bonds is 2. The fourth-order valence-corrected chi connectivity index (χ4v) is 2.80. The highest BCUT2D eigenvalue weighted by atomic mass is 16.3. The summed E-state index contributed by atoms with van der Waals surface area (Å²) < 4.78 is 0. The van der Waals surface area contributed by atoms with Gasteiger partial charge in [-0.1, -0.05) is 13.8 Å². The van der Waals surface area contributed by atoms with Crippen LogP contribution in [0.2, 0.25) is 0 Å². The molecule has 2 rings (SSSR count). The first-order chi connectivity index (χ1) is 7.54. The molecule has 2 aliphatic rings. The molecule has 0 aromatic heterocycles. The first-order valence-corrected chi connectivity index (χ1v) is 6.15. The molecule has 2 unspecified atom stereocenters. The van der Waals surface area contributed by atoms with Crippen molar-refractivity contribution in [2.75, 3.05) is 32.8 Å². The number of carbonyl (C=O) groups is 1. The van der Waals surface area contributed by atoms with Gasteiger partial charge in [-0.2, -0.15) is 0 Å². The van der Waals surface area contributed by atoms with Gasteiger partial charge in [-0.25, -0.2) is 0 Å². The largest absolute Gasteiger partial charge is 0.396 e. The molecule has 4 heteroatoms. The van der Waals surface area contributed by atoms with Crippen molar-refractivity contribution in [3.8, 4) is 0 Å². The highest BCUT2D eigenvalue weighted by molar-refractivity contribution is 5.79. The number of aliphatic hydroxyl groups is 1. The topological polar surface area (TPSA) is 52.6 Å². The van der Waals surface area contributed by atoms with Crippen molar-refractivity contribution in [1.29, 1.82) is 0 Å². The van der Waals surface area contributed by atoms with E-state index >= 15 is 0 Å². The molecule has 0 saturated carbocycles. The Hall–Kier alpha value is -0.610. The molecule has 2 saturated heterocycles. The van der Waals surface area contributed by atoms with Crippen molar-refractivity contribution in [2.24, 2.45) is 17.3 Å². The zero-order chi connectivity index (χ0) is 11.8. The molecule has 2 N–H and O–H groups in total. The highest BCUT2D eigenvalue weighted by Gasteiger charge is 2.42. The number of hydrogen-bond acceptors (Lipinski definition) is 3. The van der Waals surface area contributed by atoms with E-state index in [4.69, 9.17) is 0 Å². The quantitative estimate of drug-likeness (QED) is 0.701. The van der Waals surface area contributed by atoms with Crippen LogP contribution in [0.15, 0.2) is 0 Å². The molecular formula is C12H22N2O2. The normalized spacial score (nSPS) is 33.3. The van der Waals surface area contributed by atoms with Gasteiger partial charge in [0.2, 0.25) is 5.91 Å². The van der Waals surface area contributed by atoms with E-state index in [1.165, 1.54) is 0 Å². The van der Waals surface area contributed by atoms with Gasteiger partial charge in [0, 0.05) is 32.2 Å². The minimum Gasteiger partial charge on any atom is -0.396 e. The van der Waals surface area contributed by atoms with Gasteiger partial charge < -0.3 is 15.3 Å². The average Bonchev–Trinajstić information content (AvgIpc) is 2.83. The Balaban J connectivity index is 1.99. The summed E-state index contributed by atoms with van der Waals surface area (Å²) in [7, 11) is 0. The van der Waals surface area contributed by atoms with E-state index in [-0.39, 0.29) is 29.8 Å². The molecule has 0 spiro atoms. The number of hydrogen-bond donors (Lipinski definition) is 2. The van der Waals surface area contributed by atoms with Crippen molar-refractivity contribution in [1.82, 2.24) is 10.2 Å². The van der Waals surface area contributed by atoms with Crippen molar-refractivity contribution in [2.45, 2.75) is 20.3 Å². The number of nitrogens with zero attached hydrogens (tertiary/aromatic N) is 1. The standard InChI is InChI=1S/C12H22N2O2/c1-12(2)8-14(6-10(12)7-15)11(16)9-3-4-13-5-9/h9-10,13,15H,3-8H2,1-2H3. The summed E-state index contributed by atoms with van der Waals surface area (Å²) in [4.78, 5) is 14.1. The molecule has 2 atom stereocenters. The first kappa shape index (κ1) is 11.9. The molecular weight excluding hydrogens is 204 g/mol. The van der Waals surface area contributed by atoms with Crippen LogP contribution in [0.1, 0.15) is 20.3 Å². The van der Waals surface area contributed by atoms with E-state index in [0.29, 0.717) is 0 Å². The van der Waals surface area contributed by atoms with Crippen LogP contribution in [0.4, 0.5) is 0 Å². The molecule has 2 fully saturated rings. The van der Waals surface area contributed by atoms with Gasteiger partial charge in [-0.15, -0.1) is 0 Å². The van der Waals surface area contributed by atoms with Gasteiger partial charge in [0.15, 0.2) is 0 Å². The Morgan fingerprint density at radius 1 is 1.56 bits per heavy atom. The number of nitrogens with one attached hydrogen (secondary N) is 1. The summed E-state index contributed by atoms with van der Waals surface area (Å²) in [5, 5.41) is 12.5. The lowest BCUT2D eigenvalue weighted by atomic mass is 9.83. The monoisotopic (exact) mass is 226 g/mol. The fraction of sp³-hybridized carbons (Fsp3) is 0.917. The summed E-state index contributed by atoms with van der Waals surface area (Å²) >= 11 is 0. The maximum Gasteiger partial charge on any atom is 0.227 e. The molecule has 1 amide bonds. The van der Waals surface area contributed by atoms with Crippen LogP contribution in [-0.4, -0.2) is 48.7 Å². The number of aliphatic hydroxyl groups excluding tert-OH is 1. The molecule has 4 nitrogen and oxygen atoms in total. The minimum absolute atomic E-state index is 0.0520. The van der Waals surface area contributed by atoms with E-state index in [9.17, 15) is 9.90 Å². The Morgan fingerprint density at radius 3 is 2.81 bits per heavy atom. The third-order valence-electron chi connectivity index (χ3n) is 4.09. The second kappa shape index (κ2) is 4.34. The molecule has 2 heterocycles. The number of amides is 1. The second-order valence-corrected chi connectivity index (χ2v) is 5.78. The van der Waals surface area contributed by atoms with Crippen LogP contribution in [0.25, 0.3) is 0 Å². The molecule has 16 heavy (non-hydrogen) atoms. The summed E-state index contributed by atoms with van der Waals surface area (Å²) in [5.41, 5.74) is 0.0520. The van der Waals surface area contributed by atoms with Crippen LogP contribution >= 0.6 is 0 Å². The second-order valence-electron chi connectivity index (χ2n) is 5.78. The Bertz CT molecular complexity index is 272. The summed E-state index contributed by atoms with van der Waals surface area (Å²) in [6.07, 6.45) is 0.958. The van der Waals surface area contributed by atoms with E-state index in [1.54, 1.807) is 0 Å². The third-order valence-corrected chi connectivity index (χ3v) is 4.09. The lowest BCUT2D eigenvalue weighted by molar-refractivity contribution is -0.134. The predicted molar refractivity (Wildman–Crippen MR) is 61.9 cm³/mol. The Morgan fingerprint density at radius 2 is 2.31 bits per heavy atom. The fourth-order valence-electron chi connectivity index (χ4n) is 2.80. The van der Waals surface area contributed by atoms with E-state index < -0.39 is 0 Å². The van der Waals surface area contributed by atoms with Gasteiger partial charge in [0.25, 0.3) is 0 Å². The smallest absolute Gasteiger partial charge is 0.227 e. The van der Waals surface area contributed by atoms with Crippen molar-refractivity contribution < 1.29 is 9.90 Å². The van der Waals surface area contributed by atoms with Crippen molar-refractivity contribution in [3.63, 3.8) is 0 Å². The molecule has 0 aromatic rings. The Labute approximate surface area is 97.0 Å². The first-order valence-electron chi connectivity index (χ1n) is 6.15. The molecule has 0 radical (unpaired) electrons. The van der Waals surface area contributed by atoms with Crippen molar-refractivity contribution in [3.05, 3.63) is 0 Å². The maximum atomic E-state index is 12.2. The molecule has 92 valence electrons. The summed E-state index contributed by atoms with van der Waals surface area (Å²) in [6, 6.07) is 0. The van der Waals surface area contributed by atoms with Crippen LogP contribution < -0.4 is 5.32 Å². The lowest BCUT2D eigenvalue weighted by Crippen LogP contribution is -2.36. The zero-order valence-electron chi connectivity index (χ0n) is 10.2. The lowest BCUT2D eigenvalue weighted by Gasteiger charge is -2.23. The van der Waals surface area contributed by atoms with Gasteiger partial charge in [-0.05, 0) is 18.4 Å². The molecule has 0 aliphatic carbocycles. The van der Waals surface area contributed by atoms with E-state index in [0.717, 1.165) is 32.6 Å². The van der Waals surface area contributed by atoms with E-state index in [1.807, 2.05) is 4.90 Å². The maximum absolute atomic E-state index is 12.2. The molecule has 2 aliphatic heterocycles. The van der Waals surface area contributed by atoms with Crippen LogP contribution in [0, 0.1) is 17.3 Å².